The van der Waals surface area contributed by atoms with Crippen LogP contribution in [0.5, 0.6) is 5.75 Å². The third-order valence-electron chi connectivity index (χ3n) is 3.66. The van der Waals surface area contributed by atoms with Crippen LogP contribution < -0.4 is 4.74 Å². The summed E-state index contributed by atoms with van der Waals surface area (Å²) < 4.78 is 33.8. The fourth-order valence-corrected chi connectivity index (χ4v) is 6.22. The summed E-state index contributed by atoms with van der Waals surface area (Å²) in [5, 5.41) is -0.285. The lowest BCUT2D eigenvalue weighted by molar-refractivity contribution is 0.390. The third-order valence-corrected chi connectivity index (χ3v) is 7.40. The first kappa shape index (κ1) is 16.8. The Morgan fingerprint density at radius 1 is 1.22 bits per heavy atom. The van der Waals surface area contributed by atoms with Crippen molar-refractivity contribution in [2.45, 2.75) is 10.3 Å². The minimum absolute atomic E-state index is 0.285. The van der Waals surface area contributed by atoms with E-state index in [1.54, 1.807) is 47.4 Å². The van der Waals surface area contributed by atoms with Gasteiger partial charge >= 0.3 is 0 Å². The van der Waals surface area contributed by atoms with Crippen LogP contribution in [0.3, 0.4) is 0 Å². The maximum absolute atomic E-state index is 13.0. The molecule has 0 spiro atoms. The van der Waals surface area contributed by atoms with Crippen LogP contribution in [0.4, 0.5) is 0 Å². The van der Waals surface area contributed by atoms with Gasteiger partial charge < -0.3 is 4.74 Å². The summed E-state index contributed by atoms with van der Waals surface area (Å²) in [6.45, 7) is 0.488. The zero-order valence-electron chi connectivity index (χ0n) is 12.5. The normalized spacial score (nSPS) is 19.0. The molecule has 1 fully saturated rings. The van der Waals surface area contributed by atoms with Crippen LogP contribution in [-0.2, 0) is 10.0 Å². The number of hydrogen-bond donors (Lipinski definition) is 0. The summed E-state index contributed by atoms with van der Waals surface area (Å²) in [4.78, 5) is 0.321. The fraction of sp³-hybridized carbons (Fsp3) is 0.250. The molecule has 0 saturated carbocycles. The molecule has 0 amide bonds. The second kappa shape index (κ2) is 6.84. The molecule has 0 N–H and O–H groups in total. The first-order valence-electron chi connectivity index (χ1n) is 7.06. The van der Waals surface area contributed by atoms with Gasteiger partial charge in [-0.05, 0) is 30.3 Å². The highest BCUT2D eigenvalue weighted by molar-refractivity contribution is 9.10. The Morgan fingerprint density at radius 2 is 1.96 bits per heavy atom. The van der Waals surface area contributed by atoms with Gasteiger partial charge in [0, 0.05) is 22.3 Å². The number of rotatable bonds is 4. The topological polar surface area (TPSA) is 46.6 Å². The fourth-order valence-electron chi connectivity index (χ4n) is 2.57. The molecule has 0 aromatic heterocycles. The van der Waals surface area contributed by atoms with Crippen molar-refractivity contribution in [1.29, 1.82) is 0 Å². The van der Waals surface area contributed by atoms with Gasteiger partial charge in [-0.15, -0.1) is 11.8 Å². The Labute approximate surface area is 149 Å². The van der Waals surface area contributed by atoms with Crippen molar-refractivity contribution in [2.75, 3.05) is 19.4 Å². The lowest BCUT2D eigenvalue weighted by Gasteiger charge is -2.25. The molecule has 122 valence electrons. The van der Waals surface area contributed by atoms with E-state index in [9.17, 15) is 8.42 Å². The molecule has 2 aromatic rings. The molecule has 1 aliphatic heterocycles. The highest BCUT2D eigenvalue weighted by Gasteiger charge is 2.38. The summed E-state index contributed by atoms with van der Waals surface area (Å²) in [7, 11) is -1.93. The van der Waals surface area contributed by atoms with Crippen LogP contribution in [0, 0.1) is 0 Å². The lowest BCUT2D eigenvalue weighted by Crippen LogP contribution is -2.30. The van der Waals surface area contributed by atoms with Gasteiger partial charge in [0.2, 0.25) is 10.0 Å². The average molecular weight is 414 g/mol. The van der Waals surface area contributed by atoms with E-state index in [4.69, 9.17) is 4.74 Å². The number of sulfonamides is 1. The predicted octanol–water partition coefficient (Wildman–Crippen LogP) is 3.89. The van der Waals surface area contributed by atoms with Gasteiger partial charge in [-0.1, -0.05) is 34.1 Å². The van der Waals surface area contributed by atoms with Crippen molar-refractivity contribution in [3.63, 3.8) is 0 Å². The Morgan fingerprint density at radius 3 is 2.65 bits per heavy atom. The third kappa shape index (κ3) is 3.28. The smallest absolute Gasteiger partial charge is 0.244 e. The van der Waals surface area contributed by atoms with Gasteiger partial charge in [0.05, 0.1) is 17.4 Å². The maximum atomic E-state index is 13.0. The summed E-state index contributed by atoms with van der Waals surface area (Å²) in [5.41, 5.74) is 0.865. The van der Waals surface area contributed by atoms with Crippen molar-refractivity contribution in [3.8, 4) is 5.75 Å². The van der Waals surface area contributed by atoms with Crippen LogP contribution in [-0.4, -0.2) is 32.1 Å². The maximum Gasteiger partial charge on any atom is 0.244 e. The number of hydrogen-bond acceptors (Lipinski definition) is 4. The van der Waals surface area contributed by atoms with E-state index in [-0.39, 0.29) is 5.37 Å². The SMILES string of the molecule is COc1ccc(Br)cc1[C@@H]1SCCN1S(=O)(=O)c1ccccc1. The Hall–Kier alpha value is -1.02. The Balaban J connectivity index is 2.03. The Bertz CT molecular complexity index is 796. The second-order valence-electron chi connectivity index (χ2n) is 5.04. The van der Waals surface area contributed by atoms with Crippen LogP contribution in [0.15, 0.2) is 57.9 Å². The summed E-state index contributed by atoms with van der Waals surface area (Å²) in [5.74, 6) is 1.45. The molecular weight excluding hydrogens is 398 g/mol. The van der Waals surface area contributed by atoms with Crippen molar-refractivity contribution < 1.29 is 13.2 Å². The van der Waals surface area contributed by atoms with E-state index < -0.39 is 10.0 Å². The zero-order chi connectivity index (χ0) is 16.4. The molecule has 0 aliphatic carbocycles. The molecule has 0 bridgehead atoms. The molecule has 1 heterocycles. The van der Waals surface area contributed by atoms with Crippen molar-refractivity contribution in [1.82, 2.24) is 4.31 Å². The van der Waals surface area contributed by atoms with Gasteiger partial charge in [0.1, 0.15) is 5.75 Å². The monoisotopic (exact) mass is 413 g/mol. The number of methoxy groups -OCH3 is 1. The van der Waals surface area contributed by atoms with E-state index in [0.29, 0.717) is 17.2 Å². The van der Waals surface area contributed by atoms with Crippen molar-refractivity contribution in [3.05, 3.63) is 58.6 Å². The van der Waals surface area contributed by atoms with E-state index >= 15 is 0 Å². The highest BCUT2D eigenvalue weighted by atomic mass is 79.9. The summed E-state index contributed by atoms with van der Waals surface area (Å²) in [6, 6.07) is 14.2. The first-order chi connectivity index (χ1) is 11.0. The molecule has 1 saturated heterocycles. The molecule has 23 heavy (non-hydrogen) atoms. The minimum Gasteiger partial charge on any atom is -0.496 e. The molecule has 4 nitrogen and oxygen atoms in total. The lowest BCUT2D eigenvalue weighted by atomic mass is 10.2. The van der Waals surface area contributed by atoms with Crippen LogP contribution in [0.25, 0.3) is 0 Å². The molecule has 1 atom stereocenters. The Kier molecular flexibility index (Phi) is 5.01. The summed E-state index contributed by atoms with van der Waals surface area (Å²) in [6.07, 6.45) is 0. The molecule has 0 unspecified atom stereocenters. The first-order valence-corrected chi connectivity index (χ1v) is 10.3. The highest BCUT2D eigenvalue weighted by Crippen LogP contribution is 2.45. The van der Waals surface area contributed by atoms with E-state index in [0.717, 1.165) is 15.8 Å². The number of thioether (sulfide) groups is 1. The molecule has 2 aromatic carbocycles. The van der Waals surface area contributed by atoms with Gasteiger partial charge in [0.15, 0.2) is 0 Å². The van der Waals surface area contributed by atoms with Crippen molar-refractivity contribution in [2.24, 2.45) is 0 Å². The molecule has 7 heteroatoms. The van der Waals surface area contributed by atoms with Gasteiger partial charge in [-0.3, -0.25) is 0 Å². The van der Waals surface area contributed by atoms with Crippen molar-refractivity contribution >= 4 is 37.7 Å². The van der Waals surface area contributed by atoms with E-state index in [1.165, 1.54) is 0 Å². The van der Waals surface area contributed by atoms with Gasteiger partial charge in [-0.25, -0.2) is 8.42 Å². The molecular formula is C16H16BrNO3S2. The number of benzene rings is 2. The van der Waals surface area contributed by atoms with Gasteiger partial charge in [-0.2, -0.15) is 4.31 Å². The van der Waals surface area contributed by atoms with E-state index in [1.807, 2.05) is 24.3 Å². The number of ether oxygens (including phenoxy) is 1. The average Bonchev–Trinajstić information content (AvgIpc) is 3.06. The molecule has 0 radical (unpaired) electrons. The second-order valence-corrected chi connectivity index (χ2v) is 9.03. The largest absolute Gasteiger partial charge is 0.496 e. The number of nitrogens with zero attached hydrogens (tertiary/aromatic N) is 1. The summed E-state index contributed by atoms with van der Waals surface area (Å²) >= 11 is 5.06. The standard InChI is InChI=1S/C16H16BrNO3S2/c1-21-15-8-7-12(17)11-14(15)16-18(9-10-22-16)23(19,20)13-5-3-2-4-6-13/h2-8,11,16H,9-10H2,1H3/t16-/m0/s1. The molecule has 3 rings (SSSR count). The van der Waals surface area contributed by atoms with E-state index in [2.05, 4.69) is 15.9 Å². The van der Waals surface area contributed by atoms with Gasteiger partial charge in [0.25, 0.3) is 0 Å². The predicted molar refractivity (Wildman–Crippen MR) is 96.2 cm³/mol. The van der Waals surface area contributed by atoms with Crippen LogP contribution in [0.1, 0.15) is 10.9 Å². The van der Waals surface area contributed by atoms with Crippen LogP contribution in [0.2, 0.25) is 0 Å². The number of halogens is 1. The molecule has 1 aliphatic rings. The minimum atomic E-state index is -3.53. The quantitative estimate of drug-likeness (QED) is 0.762. The van der Waals surface area contributed by atoms with Crippen LogP contribution >= 0.6 is 27.7 Å². The zero-order valence-corrected chi connectivity index (χ0v) is 15.7.